The molecule has 0 unspecified atom stereocenters. The number of benzene rings is 1. The molecule has 0 aliphatic carbocycles. The molecule has 0 aliphatic heterocycles. The van der Waals surface area contributed by atoms with Crippen LogP contribution in [0.15, 0.2) is 24.3 Å². The van der Waals surface area contributed by atoms with Crippen molar-refractivity contribution in [1.82, 2.24) is 0 Å². The lowest BCUT2D eigenvalue weighted by atomic mass is 10.1. The van der Waals surface area contributed by atoms with E-state index in [9.17, 15) is 13.6 Å². The van der Waals surface area contributed by atoms with Crippen molar-refractivity contribution < 1.29 is 18.3 Å². The van der Waals surface area contributed by atoms with E-state index in [1.165, 1.54) is 25.3 Å². The molecule has 1 rings (SSSR count). The van der Waals surface area contributed by atoms with Crippen molar-refractivity contribution in [3.05, 3.63) is 29.8 Å². The first-order chi connectivity index (χ1) is 7.01. The third kappa shape index (κ3) is 2.75. The number of carbonyl (C=O) groups is 1. The van der Waals surface area contributed by atoms with Gasteiger partial charge in [0.1, 0.15) is 5.75 Å². The Hall–Kier alpha value is -0.970. The first-order valence-corrected chi connectivity index (χ1v) is 5.26. The lowest BCUT2D eigenvalue weighted by molar-refractivity contribution is 0.0257. The van der Waals surface area contributed by atoms with Crippen LogP contribution in [0.2, 0.25) is 0 Å². The Bertz CT molecular complexity index is 366. The number of ether oxygens (including phenoxy) is 1. The van der Waals surface area contributed by atoms with Crippen molar-refractivity contribution in [2.75, 3.05) is 12.4 Å². The summed E-state index contributed by atoms with van der Waals surface area (Å²) >= 11 is 2.60. The Labute approximate surface area is 94.4 Å². The molecule has 0 saturated heterocycles. The van der Waals surface area contributed by atoms with Gasteiger partial charge in [-0.2, -0.15) is 8.78 Å². The Morgan fingerprint density at radius 3 is 2.73 bits per heavy atom. The van der Waals surface area contributed by atoms with Crippen molar-refractivity contribution in [2.45, 2.75) is 5.92 Å². The Morgan fingerprint density at radius 2 is 2.20 bits per heavy atom. The molecule has 0 N–H and O–H groups in total. The van der Waals surface area contributed by atoms with Crippen molar-refractivity contribution in [1.29, 1.82) is 0 Å². The van der Waals surface area contributed by atoms with Crippen LogP contribution >= 0.6 is 15.9 Å². The quantitative estimate of drug-likeness (QED) is 0.625. The van der Waals surface area contributed by atoms with Crippen LogP contribution < -0.4 is 4.74 Å². The average Bonchev–Trinajstić information content (AvgIpc) is 2.28. The van der Waals surface area contributed by atoms with Crippen LogP contribution in [0.3, 0.4) is 0 Å². The van der Waals surface area contributed by atoms with E-state index in [4.69, 9.17) is 4.74 Å². The lowest BCUT2D eigenvalue weighted by Crippen LogP contribution is -2.30. The number of Topliss-reactive ketones (excluding diaryl/α,β-unsaturated/α-hetero) is 1. The zero-order valence-electron chi connectivity index (χ0n) is 7.97. The summed E-state index contributed by atoms with van der Waals surface area (Å²) < 4.78 is 30.9. The molecule has 0 aliphatic rings. The van der Waals surface area contributed by atoms with Gasteiger partial charge in [-0.3, -0.25) is 4.79 Å². The Kier molecular flexibility index (Phi) is 3.79. The number of alkyl halides is 3. The maximum absolute atomic E-state index is 13.0. The normalized spacial score (nSPS) is 11.2. The minimum atomic E-state index is -3.38. The standard InChI is InChI=1S/C10H9BrF2O2/c1-15-8-4-2-3-7(5-8)9(14)10(12,13)6-11/h2-5H,6H2,1H3. The molecule has 0 spiro atoms. The minimum Gasteiger partial charge on any atom is -0.497 e. The van der Waals surface area contributed by atoms with Gasteiger partial charge in [0, 0.05) is 5.56 Å². The maximum Gasteiger partial charge on any atom is 0.319 e. The van der Waals surface area contributed by atoms with Crippen molar-refractivity contribution in [2.24, 2.45) is 0 Å². The highest BCUT2D eigenvalue weighted by atomic mass is 79.9. The van der Waals surface area contributed by atoms with Gasteiger partial charge in [-0.25, -0.2) is 0 Å². The van der Waals surface area contributed by atoms with E-state index in [2.05, 4.69) is 15.9 Å². The third-order valence-electron chi connectivity index (χ3n) is 1.83. The van der Waals surface area contributed by atoms with Gasteiger partial charge in [0.2, 0.25) is 5.78 Å². The van der Waals surface area contributed by atoms with Crippen LogP contribution in [-0.4, -0.2) is 24.1 Å². The van der Waals surface area contributed by atoms with E-state index in [1.807, 2.05) is 0 Å². The van der Waals surface area contributed by atoms with Gasteiger partial charge in [-0.05, 0) is 12.1 Å². The zero-order valence-corrected chi connectivity index (χ0v) is 9.55. The van der Waals surface area contributed by atoms with Crippen molar-refractivity contribution >= 4 is 21.7 Å². The summed E-state index contributed by atoms with van der Waals surface area (Å²) in [5.41, 5.74) is -0.0567. The number of hydrogen-bond donors (Lipinski definition) is 0. The Morgan fingerprint density at radius 1 is 1.53 bits per heavy atom. The van der Waals surface area contributed by atoms with Crippen LogP contribution in [0.4, 0.5) is 8.78 Å². The van der Waals surface area contributed by atoms with Gasteiger partial charge in [0.25, 0.3) is 0 Å². The van der Waals surface area contributed by atoms with E-state index in [-0.39, 0.29) is 5.56 Å². The summed E-state index contributed by atoms with van der Waals surface area (Å²) in [5.74, 6) is -4.21. The van der Waals surface area contributed by atoms with Gasteiger partial charge < -0.3 is 4.74 Å². The maximum atomic E-state index is 13.0. The second-order valence-corrected chi connectivity index (χ2v) is 3.46. The molecule has 82 valence electrons. The van der Waals surface area contributed by atoms with E-state index >= 15 is 0 Å². The van der Waals surface area contributed by atoms with Gasteiger partial charge in [0.05, 0.1) is 12.4 Å². The van der Waals surface area contributed by atoms with Crippen LogP contribution in [0.1, 0.15) is 10.4 Å². The molecule has 0 atom stereocenters. The molecule has 0 saturated carbocycles. The van der Waals surface area contributed by atoms with E-state index in [1.54, 1.807) is 6.07 Å². The molecule has 5 heteroatoms. The fourth-order valence-corrected chi connectivity index (χ4v) is 1.29. The number of hydrogen-bond acceptors (Lipinski definition) is 2. The van der Waals surface area contributed by atoms with Gasteiger partial charge >= 0.3 is 5.92 Å². The van der Waals surface area contributed by atoms with Crippen LogP contribution in [0.5, 0.6) is 5.75 Å². The molecular weight excluding hydrogens is 270 g/mol. The number of carbonyl (C=O) groups excluding carboxylic acids is 1. The topological polar surface area (TPSA) is 26.3 Å². The highest BCUT2D eigenvalue weighted by molar-refractivity contribution is 9.09. The molecular formula is C10H9BrF2O2. The predicted molar refractivity (Wildman–Crippen MR) is 56.1 cm³/mol. The number of rotatable bonds is 4. The first-order valence-electron chi connectivity index (χ1n) is 4.14. The highest BCUT2D eigenvalue weighted by Gasteiger charge is 2.38. The Balaban J connectivity index is 3.01. The number of methoxy groups -OCH3 is 1. The van der Waals surface area contributed by atoms with Gasteiger partial charge in [0.15, 0.2) is 0 Å². The van der Waals surface area contributed by atoms with E-state index in [0.717, 1.165) is 0 Å². The van der Waals surface area contributed by atoms with Gasteiger partial charge in [-0.15, -0.1) is 0 Å². The van der Waals surface area contributed by atoms with Crippen molar-refractivity contribution in [3.63, 3.8) is 0 Å². The molecule has 0 amide bonds. The molecule has 0 fully saturated rings. The second-order valence-electron chi connectivity index (χ2n) is 2.90. The predicted octanol–water partition coefficient (Wildman–Crippen LogP) is 2.91. The largest absolute Gasteiger partial charge is 0.497 e. The van der Waals surface area contributed by atoms with Crippen molar-refractivity contribution in [3.8, 4) is 5.75 Å². The summed E-state index contributed by atoms with van der Waals surface area (Å²) in [6.07, 6.45) is 0. The summed E-state index contributed by atoms with van der Waals surface area (Å²) in [5, 5.41) is -0.684. The smallest absolute Gasteiger partial charge is 0.319 e. The zero-order chi connectivity index (χ0) is 11.5. The minimum absolute atomic E-state index is 0.0567. The monoisotopic (exact) mass is 278 g/mol. The second kappa shape index (κ2) is 4.70. The summed E-state index contributed by atoms with van der Waals surface area (Å²) in [6, 6.07) is 5.71. The average molecular weight is 279 g/mol. The van der Waals surface area contributed by atoms with E-state index in [0.29, 0.717) is 5.75 Å². The number of halogens is 3. The lowest BCUT2D eigenvalue weighted by Gasteiger charge is -2.11. The SMILES string of the molecule is COc1cccc(C(=O)C(F)(F)CBr)c1. The molecule has 0 heterocycles. The molecule has 1 aromatic carbocycles. The number of ketones is 1. The molecule has 15 heavy (non-hydrogen) atoms. The fraction of sp³-hybridized carbons (Fsp3) is 0.300. The molecule has 0 bridgehead atoms. The van der Waals surface area contributed by atoms with Crippen LogP contribution in [-0.2, 0) is 0 Å². The third-order valence-corrected chi connectivity index (χ3v) is 2.54. The molecule has 2 nitrogen and oxygen atoms in total. The van der Waals surface area contributed by atoms with Gasteiger partial charge in [-0.1, -0.05) is 28.1 Å². The van der Waals surface area contributed by atoms with E-state index < -0.39 is 17.0 Å². The highest BCUT2D eigenvalue weighted by Crippen LogP contribution is 2.24. The molecule has 0 aromatic heterocycles. The fourth-order valence-electron chi connectivity index (χ4n) is 1.04. The summed E-state index contributed by atoms with van der Waals surface area (Å²) in [7, 11) is 1.41. The summed E-state index contributed by atoms with van der Waals surface area (Å²) in [6.45, 7) is 0. The van der Waals surface area contributed by atoms with Crippen LogP contribution in [0, 0.1) is 0 Å². The molecule has 0 radical (unpaired) electrons. The van der Waals surface area contributed by atoms with Crippen LogP contribution in [0.25, 0.3) is 0 Å². The molecule has 1 aromatic rings. The summed E-state index contributed by atoms with van der Waals surface area (Å²) in [4.78, 5) is 11.3. The first kappa shape index (κ1) is 12.1.